The molecule has 1 atom stereocenters. The Kier molecular flexibility index (Phi) is 8.47. The van der Waals surface area contributed by atoms with Crippen LogP contribution < -0.4 is 10.1 Å². The average molecular weight is 475 g/mol. The molecule has 0 heterocycles. The van der Waals surface area contributed by atoms with Crippen LogP contribution in [0.2, 0.25) is 0 Å². The number of halogens is 1. The fraction of sp³-hybridized carbons (Fsp3) is 0.417. The molecule has 2 aromatic carbocycles. The summed E-state index contributed by atoms with van der Waals surface area (Å²) in [5.41, 5.74) is 1.87. The van der Waals surface area contributed by atoms with Crippen molar-refractivity contribution in [2.75, 3.05) is 13.2 Å². The molecule has 162 valence electrons. The number of nitrogens with one attached hydrogen (secondary N) is 1. The number of likely N-dealkylation sites (N-methyl/N-ethyl adjacent to an activating group) is 1. The average Bonchev–Trinajstić information content (AvgIpc) is 2.70. The highest BCUT2D eigenvalue weighted by Gasteiger charge is 2.27. The number of carbonyl (C=O) groups is 2. The minimum absolute atomic E-state index is 0.106. The fourth-order valence-electron chi connectivity index (χ4n) is 3.13. The predicted molar refractivity (Wildman–Crippen MR) is 123 cm³/mol. The number of benzene rings is 2. The smallest absolute Gasteiger partial charge is 0.261 e. The van der Waals surface area contributed by atoms with E-state index in [2.05, 4.69) is 42.0 Å². The second-order valence-corrected chi connectivity index (χ2v) is 9.17. The van der Waals surface area contributed by atoms with Gasteiger partial charge in [-0.3, -0.25) is 9.59 Å². The lowest BCUT2D eigenvalue weighted by Gasteiger charge is -2.29. The molecule has 2 rings (SSSR count). The van der Waals surface area contributed by atoms with Gasteiger partial charge in [-0.1, -0.05) is 67.0 Å². The number of para-hydroxylation sites is 1. The lowest BCUT2D eigenvalue weighted by Crippen LogP contribution is -2.49. The standard InChI is InChI=1S/C24H31BrN2O3/c1-6-26-23(29)17(2)27(15-18-11-13-19(25)14-12-18)22(28)16-30-21-10-8-7-9-20(21)24(3,4)5/h7-14,17H,6,15-16H2,1-5H3,(H,26,29). The maximum atomic E-state index is 13.1. The van der Waals surface area contributed by atoms with Gasteiger partial charge in [0.05, 0.1) is 0 Å². The summed E-state index contributed by atoms with van der Waals surface area (Å²) >= 11 is 3.42. The van der Waals surface area contributed by atoms with Gasteiger partial charge in [-0.15, -0.1) is 0 Å². The highest BCUT2D eigenvalue weighted by atomic mass is 79.9. The molecule has 0 fully saturated rings. The Bertz CT molecular complexity index is 859. The molecule has 0 aliphatic carbocycles. The third kappa shape index (κ3) is 6.59. The molecule has 1 unspecified atom stereocenters. The van der Waals surface area contributed by atoms with E-state index in [4.69, 9.17) is 4.74 Å². The van der Waals surface area contributed by atoms with Gasteiger partial charge >= 0.3 is 0 Å². The minimum Gasteiger partial charge on any atom is -0.483 e. The van der Waals surface area contributed by atoms with Gasteiger partial charge in [-0.25, -0.2) is 0 Å². The van der Waals surface area contributed by atoms with Crippen molar-refractivity contribution in [3.63, 3.8) is 0 Å². The SMILES string of the molecule is CCNC(=O)C(C)N(Cc1ccc(Br)cc1)C(=O)COc1ccccc1C(C)(C)C. The predicted octanol–water partition coefficient (Wildman–Crippen LogP) is 4.68. The number of hydrogen-bond acceptors (Lipinski definition) is 3. The molecule has 2 aromatic rings. The minimum atomic E-state index is -0.609. The van der Waals surface area contributed by atoms with Gasteiger partial charge in [0, 0.05) is 17.6 Å². The molecule has 2 amide bonds. The number of amides is 2. The van der Waals surface area contributed by atoms with Crippen molar-refractivity contribution in [1.29, 1.82) is 0 Å². The summed E-state index contributed by atoms with van der Waals surface area (Å²) in [7, 11) is 0. The molecular formula is C24H31BrN2O3. The zero-order valence-corrected chi connectivity index (χ0v) is 20.0. The molecule has 0 bridgehead atoms. The Morgan fingerprint density at radius 3 is 2.33 bits per heavy atom. The van der Waals surface area contributed by atoms with Gasteiger partial charge < -0.3 is 15.0 Å². The number of rotatable bonds is 8. The largest absolute Gasteiger partial charge is 0.483 e. The molecule has 6 heteroatoms. The number of ether oxygens (including phenoxy) is 1. The van der Waals surface area contributed by atoms with Gasteiger partial charge in [0.1, 0.15) is 11.8 Å². The molecule has 1 N–H and O–H groups in total. The fourth-order valence-corrected chi connectivity index (χ4v) is 3.39. The van der Waals surface area contributed by atoms with Crippen LogP contribution in [0.15, 0.2) is 53.0 Å². The van der Waals surface area contributed by atoms with Crippen molar-refractivity contribution in [1.82, 2.24) is 10.2 Å². The number of carbonyl (C=O) groups excluding carboxylic acids is 2. The van der Waals surface area contributed by atoms with E-state index in [9.17, 15) is 9.59 Å². The van der Waals surface area contributed by atoms with E-state index >= 15 is 0 Å². The molecule has 0 aliphatic heterocycles. The van der Waals surface area contributed by atoms with Gasteiger partial charge in [0.25, 0.3) is 5.91 Å². The Balaban J connectivity index is 2.20. The third-order valence-corrected chi connectivity index (χ3v) is 5.36. The van der Waals surface area contributed by atoms with Gasteiger partial charge in [0.2, 0.25) is 5.91 Å². The summed E-state index contributed by atoms with van der Waals surface area (Å²) in [4.78, 5) is 27.1. The van der Waals surface area contributed by atoms with E-state index in [1.54, 1.807) is 11.8 Å². The zero-order valence-electron chi connectivity index (χ0n) is 18.4. The second-order valence-electron chi connectivity index (χ2n) is 8.25. The molecule has 0 spiro atoms. The highest BCUT2D eigenvalue weighted by molar-refractivity contribution is 9.10. The van der Waals surface area contributed by atoms with Crippen LogP contribution in [0.1, 0.15) is 45.7 Å². The lowest BCUT2D eigenvalue weighted by molar-refractivity contribution is -0.142. The van der Waals surface area contributed by atoms with Crippen LogP contribution in [0, 0.1) is 0 Å². The van der Waals surface area contributed by atoms with E-state index in [1.165, 1.54) is 0 Å². The molecule has 0 aliphatic rings. The zero-order chi connectivity index (χ0) is 22.3. The van der Waals surface area contributed by atoms with Crippen LogP contribution >= 0.6 is 15.9 Å². The molecule has 5 nitrogen and oxygen atoms in total. The van der Waals surface area contributed by atoms with E-state index < -0.39 is 6.04 Å². The molecule has 30 heavy (non-hydrogen) atoms. The normalized spacial score (nSPS) is 12.2. The van der Waals surface area contributed by atoms with Crippen LogP contribution in [-0.4, -0.2) is 35.9 Å². The quantitative estimate of drug-likeness (QED) is 0.603. The first kappa shape index (κ1) is 23.9. The van der Waals surface area contributed by atoms with E-state index in [1.807, 2.05) is 55.5 Å². The van der Waals surface area contributed by atoms with Crippen molar-refractivity contribution in [2.45, 2.75) is 52.6 Å². The molecule has 0 saturated carbocycles. The maximum absolute atomic E-state index is 13.1. The summed E-state index contributed by atoms with van der Waals surface area (Å²) < 4.78 is 6.88. The summed E-state index contributed by atoms with van der Waals surface area (Å²) in [5.74, 6) is 0.269. The second kappa shape index (κ2) is 10.6. The van der Waals surface area contributed by atoms with Crippen LogP contribution in [0.25, 0.3) is 0 Å². The number of hydrogen-bond donors (Lipinski definition) is 1. The summed E-state index contributed by atoms with van der Waals surface area (Å²) in [6.45, 7) is 10.6. The van der Waals surface area contributed by atoms with E-state index in [-0.39, 0.29) is 23.8 Å². The molecule has 0 radical (unpaired) electrons. The Labute approximate surface area is 187 Å². The van der Waals surface area contributed by atoms with Crippen molar-refractivity contribution < 1.29 is 14.3 Å². The van der Waals surface area contributed by atoms with Crippen LogP contribution in [0.5, 0.6) is 5.75 Å². The first-order chi connectivity index (χ1) is 14.1. The van der Waals surface area contributed by atoms with Gasteiger partial charge in [-0.05, 0) is 48.6 Å². The van der Waals surface area contributed by atoms with E-state index in [0.717, 1.165) is 15.6 Å². The van der Waals surface area contributed by atoms with Crippen LogP contribution in [0.4, 0.5) is 0 Å². The Morgan fingerprint density at radius 1 is 1.10 bits per heavy atom. The first-order valence-corrected chi connectivity index (χ1v) is 11.0. The van der Waals surface area contributed by atoms with Crippen LogP contribution in [0.3, 0.4) is 0 Å². The molecule has 0 saturated heterocycles. The highest BCUT2D eigenvalue weighted by Crippen LogP contribution is 2.31. The van der Waals surface area contributed by atoms with Crippen molar-refractivity contribution in [3.8, 4) is 5.75 Å². The summed E-state index contributed by atoms with van der Waals surface area (Å²) in [6.07, 6.45) is 0. The van der Waals surface area contributed by atoms with Crippen LogP contribution in [-0.2, 0) is 21.5 Å². The molecule has 0 aromatic heterocycles. The van der Waals surface area contributed by atoms with Gasteiger partial charge in [-0.2, -0.15) is 0 Å². The topological polar surface area (TPSA) is 58.6 Å². The van der Waals surface area contributed by atoms with E-state index in [0.29, 0.717) is 18.8 Å². The Hall–Kier alpha value is -2.34. The molecular weight excluding hydrogens is 444 g/mol. The lowest BCUT2D eigenvalue weighted by atomic mass is 9.86. The van der Waals surface area contributed by atoms with Crippen molar-refractivity contribution in [2.24, 2.45) is 0 Å². The van der Waals surface area contributed by atoms with Gasteiger partial charge in [0.15, 0.2) is 6.61 Å². The summed E-state index contributed by atoms with van der Waals surface area (Å²) in [6, 6.07) is 14.8. The third-order valence-electron chi connectivity index (χ3n) is 4.83. The monoisotopic (exact) mass is 474 g/mol. The Morgan fingerprint density at radius 2 is 1.73 bits per heavy atom. The maximum Gasteiger partial charge on any atom is 0.261 e. The first-order valence-electron chi connectivity index (χ1n) is 10.2. The summed E-state index contributed by atoms with van der Waals surface area (Å²) in [5, 5.41) is 2.80. The number of nitrogens with zero attached hydrogens (tertiary/aromatic N) is 1. The van der Waals surface area contributed by atoms with Crippen molar-refractivity contribution in [3.05, 3.63) is 64.1 Å². The van der Waals surface area contributed by atoms with Crippen molar-refractivity contribution >= 4 is 27.7 Å².